The minimum Gasteiger partial charge on any atom is -0.478 e. The van der Waals surface area contributed by atoms with E-state index in [0.717, 1.165) is 23.8 Å². The number of aromatic carboxylic acids is 1. The maximum atomic E-state index is 13.6. The number of carboxylic acid groups (broad SMARTS) is 1. The Hall–Kier alpha value is -3.55. The van der Waals surface area contributed by atoms with Gasteiger partial charge in [-0.2, -0.15) is 0 Å². The fraction of sp³-hybridized carbons (Fsp3) is 0.105. The lowest BCUT2D eigenvalue weighted by atomic mass is 9.89. The Morgan fingerprint density at radius 3 is 2.44 bits per heavy atom. The third-order valence-corrected chi connectivity index (χ3v) is 4.46. The molecule has 0 spiro atoms. The topological polar surface area (TPSA) is 84.2 Å². The summed E-state index contributed by atoms with van der Waals surface area (Å²) in [6.45, 7) is 0. The van der Waals surface area contributed by atoms with Crippen LogP contribution in [0.5, 0.6) is 0 Å². The van der Waals surface area contributed by atoms with Gasteiger partial charge in [0.1, 0.15) is 23.8 Å². The molecule has 0 unspecified atom stereocenters. The van der Waals surface area contributed by atoms with E-state index in [4.69, 9.17) is 5.11 Å². The Labute approximate surface area is 152 Å². The maximum absolute atomic E-state index is 13.6. The van der Waals surface area contributed by atoms with Crippen LogP contribution in [-0.2, 0) is 4.79 Å². The highest BCUT2D eigenvalue weighted by Crippen LogP contribution is 2.37. The van der Waals surface area contributed by atoms with Crippen LogP contribution in [0.15, 0.2) is 48.8 Å². The van der Waals surface area contributed by atoms with Crippen LogP contribution in [-0.4, -0.2) is 26.5 Å². The second kappa shape index (κ2) is 6.31. The normalized spacial score (nSPS) is 15.9. The monoisotopic (exact) mass is 369 g/mol. The number of rotatable bonds is 3. The molecule has 0 saturated heterocycles. The first-order chi connectivity index (χ1) is 12.9. The van der Waals surface area contributed by atoms with E-state index in [-0.39, 0.29) is 23.6 Å². The van der Waals surface area contributed by atoms with Crippen molar-refractivity contribution in [3.05, 3.63) is 77.2 Å². The van der Waals surface area contributed by atoms with Gasteiger partial charge in [-0.15, -0.1) is 0 Å². The molecule has 3 aromatic rings. The van der Waals surface area contributed by atoms with Crippen LogP contribution in [0, 0.1) is 11.6 Å². The highest BCUT2D eigenvalue weighted by molar-refractivity contribution is 5.94. The molecule has 8 heteroatoms. The van der Waals surface area contributed by atoms with Crippen molar-refractivity contribution < 1.29 is 23.5 Å². The van der Waals surface area contributed by atoms with Gasteiger partial charge < -0.3 is 10.4 Å². The molecule has 2 N–H and O–H groups in total. The first-order valence-corrected chi connectivity index (χ1v) is 8.09. The molecule has 136 valence electrons. The molecule has 2 aromatic carbocycles. The van der Waals surface area contributed by atoms with Gasteiger partial charge in [-0.3, -0.25) is 9.36 Å². The van der Waals surface area contributed by atoms with E-state index < -0.39 is 23.5 Å². The predicted octanol–water partition coefficient (Wildman–Crippen LogP) is 3.32. The number of nitrogens with one attached hydrogen (secondary N) is 1. The summed E-state index contributed by atoms with van der Waals surface area (Å²) in [6.07, 6.45) is 1.52. The molecule has 6 nitrogen and oxygen atoms in total. The van der Waals surface area contributed by atoms with Crippen LogP contribution in [0.1, 0.15) is 34.0 Å². The van der Waals surface area contributed by atoms with Gasteiger partial charge in [0.25, 0.3) is 0 Å². The van der Waals surface area contributed by atoms with Crippen LogP contribution in [0.4, 0.5) is 14.6 Å². The Bertz CT molecular complexity index is 1040. The minimum atomic E-state index is -1.04. The lowest BCUT2D eigenvalue weighted by Gasteiger charge is -2.23. The lowest BCUT2D eigenvalue weighted by Crippen LogP contribution is -2.25. The third-order valence-electron chi connectivity index (χ3n) is 4.46. The van der Waals surface area contributed by atoms with Crippen molar-refractivity contribution in [3.63, 3.8) is 0 Å². The van der Waals surface area contributed by atoms with Crippen molar-refractivity contribution in [3.8, 4) is 5.69 Å². The number of fused-ring (bicyclic) bond motifs is 1. The van der Waals surface area contributed by atoms with Crippen molar-refractivity contribution in [2.75, 3.05) is 5.32 Å². The number of carbonyl (C=O) groups excluding carboxylic acids is 1. The quantitative estimate of drug-likeness (QED) is 0.742. The van der Waals surface area contributed by atoms with Crippen molar-refractivity contribution in [2.24, 2.45) is 0 Å². The SMILES string of the molecule is O=C1C[C@@H](c2ccc(C(=O)O)cc2)c2ncn(-c3cc(F)cc(F)c3)c2N1. The van der Waals surface area contributed by atoms with E-state index in [9.17, 15) is 18.4 Å². The first kappa shape index (κ1) is 16.9. The smallest absolute Gasteiger partial charge is 0.335 e. The number of carboxylic acids is 1. The molecule has 4 rings (SSSR count). The molecule has 2 heterocycles. The number of hydrogen-bond acceptors (Lipinski definition) is 3. The van der Waals surface area contributed by atoms with Crippen LogP contribution in [0.2, 0.25) is 0 Å². The number of carbonyl (C=O) groups is 2. The van der Waals surface area contributed by atoms with Gasteiger partial charge in [-0.25, -0.2) is 18.6 Å². The van der Waals surface area contributed by atoms with Gasteiger partial charge in [0.15, 0.2) is 0 Å². The van der Waals surface area contributed by atoms with E-state index in [1.165, 1.54) is 23.0 Å². The second-order valence-electron chi connectivity index (χ2n) is 6.21. The molecule has 1 atom stereocenters. The summed E-state index contributed by atoms with van der Waals surface area (Å²) in [4.78, 5) is 27.5. The van der Waals surface area contributed by atoms with E-state index in [0.29, 0.717) is 11.5 Å². The molecule has 0 aliphatic carbocycles. The maximum Gasteiger partial charge on any atom is 0.335 e. The molecule has 0 saturated carbocycles. The zero-order valence-corrected chi connectivity index (χ0v) is 13.8. The minimum absolute atomic E-state index is 0.133. The van der Waals surface area contributed by atoms with Crippen LogP contribution < -0.4 is 5.32 Å². The molecule has 0 radical (unpaired) electrons. The summed E-state index contributed by atoms with van der Waals surface area (Å²) in [6, 6.07) is 9.24. The van der Waals surface area contributed by atoms with Gasteiger partial charge in [0.2, 0.25) is 5.91 Å². The summed E-state index contributed by atoms with van der Waals surface area (Å²) in [5.41, 5.74) is 1.61. The highest BCUT2D eigenvalue weighted by Gasteiger charge is 2.31. The van der Waals surface area contributed by atoms with Crippen LogP contribution in [0.3, 0.4) is 0 Å². The van der Waals surface area contributed by atoms with Crippen molar-refractivity contribution in [1.82, 2.24) is 9.55 Å². The van der Waals surface area contributed by atoms with E-state index in [1.807, 2.05) is 0 Å². The molecule has 1 amide bonds. The van der Waals surface area contributed by atoms with Gasteiger partial charge in [0, 0.05) is 18.4 Å². The lowest BCUT2D eigenvalue weighted by molar-refractivity contribution is -0.116. The van der Waals surface area contributed by atoms with E-state index in [2.05, 4.69) is 10.3 Å². The first-order valence-electron chi connectivity index (χ1n) is 8.09. The predicted molar refractivity (Wildman–Crippen MR) is 92.0 cm³/mol. The number of anilines is 1. The molecule has 1 aliphatic heterocycles. The van der Waals surface area contributed by atoms with Crippen LogP contribution >= 0.6 is 0 Å². The number of imidazole rings is 1. The Morgan fingerprint density at radius 2 is 1.81 bits per heavy atom. The highest BCUT2D eigenvalue weighted by atomic mass is 19.1. The number of nitrogens with zero attached hydrogens (tertiary/aromatic N) is 2. The standard InChI is InChI=1S/C19H13F2N3O3/c20-12-5-13(21)7-14(6-12)24-9-22-17-15(8-16(25)23-18(17)24)10-1-3-11(4-2-10)19(26)27/h1-7,9,15H,8H2,(H,23,25)(H,26,27)/t15-/m0/s1. The molecule has 0 bridgehead atoms. The number of aromatic nitrogens is 2. The number of halogens is 2. The summed E-state index contributed by atoms with van der Waals surface area (Å²) >= 11 is 0. The molecular formula is C19H13F2N3O3. The average Bonchev–Trinajstić information content (AvgIpc) is 3.04. The zero-order valence-electron chi connectivity index (χ0n) is 13.8. The summed E-state index contributed by atoms with van der Waals surface area (Å²) < 4.78 is 28.5. The van der Waals surface area contributed by atoms with Gasteiger partial charge in [-0.1, -0.05) is 12.1 Å². The third kappa shape index (κ3) is 3.05. The van der Waals surface area contributed by atoms with Crippen molar-refractivity contribution in [1.29, 1.82) is 0 Å². The van der Waals surface area contributed by atoms with Gasteiger partial charge >= 0.3 is 5.97 Å². The van der Waals surface area contributed by atoms with E-state index >= 15 is 0 Å². The second-order valence-corrected chi connectivity index (χ2v) is 6.21. The largest absolute Gasteiger partial charge is 0.478 e. The molecule has 1 aromatic heterocycles. The van der Waals surface area contributed by atoms with Crippen molar-refractivity contribution in [2.45, 2.75) is 12.3 Å². The molecule has 1 aliphatic rings. The zero-order chi connectivity index (χ0) is 19.1. The molecule has 0 fully saturated rings. The number of amides is 1. The summed E-state index contributed by atoms with van der Waals surface area (Å²) in [7, 11) is 0. The molecule has 27 heavy (non-hydrogen) atoms. The summed E-state index contributed by atoms with van der Waals surface area (Å²) in [5.74, 6) is -2.85. The van der Waals surface area contributed by atoms with Gasteiger partial charge in [0.05, 0.1) is 16.9 Å². The Morgan fingerprint density at radius 1 is 1.15 bits per heavy atom. The Kier molecular flexibility index (Phi) is 3.95. The fourth-order valence-corrected chi connectivity index (χ4v) is 3.21. The van der Waals surface area contributed by atoms with E-state index in [1.54, 1.807) is 12.1 Å². The average molecular weight is 369 g/mol. The number of benzene rings is 2. The molecular weight excluding hydrogens is 356 g/mol. The Balaban J connectivity index is 1.78. The number of hydrogen-bond donors (Lipinski definition) is 2. The van der Waals surface area contributed by atoms with Crippen LogP contribution in [0.25, 0.3) is 5.69 Å². The summed E-state index contributed by atoms with van der Waals surface area (Å²) in [5, 5.41) is 11.7. The fourth-order valence-electron chi connectivity index (χ4n) is 3.21. The van der Waals surface area contributed by atoms with Gasteiger partial charge in [-0.05, 0) is 29.8 Å². The van der Waals surface area contributed by atoms with Crippen molar-refractivity contribution >= 4 is 17.7 Å².